The molecule has 8 heteroatoms. The number of nitrogens with zero attached hydrogens (tertiary/aromatic N) is 4. The lowest BCUT2D eigenvalue weighted by Crippen LogP contribution is -2.17. The first-order valence-corrected chi connectivity index (χ1v) is 4.73. The third-order valence-electron chi connectivity index (χ3n) is 1.82. The smallest absolute Gasteiger partial charge is 0.303 e. The van der Waals surface area contributed by atoms with Crippen molar-refractivity contribution in [2.75, 3.05) is 5.32 Å². The van der Waals surface area contributed by atoms with Crippen molar-refractivity contribution in [3.8, 4) is 0 Å². The number of nitrogens with one attached hydrogen (secondary N) is 1. The highest BCUT2D eigenvalue weighted by Gasteiger charge is 2.14. The van der Waals surface area contributed by atoms with Gasteiger partial charge in [-0.15, -0.1) is 5.10 Å². The highest BCUT2D eigenvalue weighted by molar-refractivity contribution is 5.89. The fourth-order valence-corrected chi connectivity index (χ4v) is 1.20. The van der Waals surface area contributed by atoms with Crippen molar-refractivity contribution in [3.63, 3.8) is 0 Å². The number of carboxylic acids is 1. The van der Waals surface area contributed by atoms with E-state index in [1.54, 1.807) is 14.0 Å². The summed E-state index contributed by atoms with van der Waals surface area (Å²) in [4.78, 5) is 23.0. The van der Waals surface area contributed by atoms with Crippen LogP contribution >= 0.6 is 0 Å². The molecule has 0 radical (unpaired) electrons. The minimum absolute atomic E-state index is 0.0404. The number of carbonyl (C=O) groups excluding carboxylic acids is 1. The fraction of sp³-hybridized carbons (Fsp3) is 0.625. The van der Waals surface area contributed by atoms with Crippen LogP contribution in [0.1, 0.15) is 19.8 Å². The zero-order chi connectivity index (χ0) is 12.1. The van der Waals surface area contributed by atoms with Gasteiger partial charge in [-0.1, -0.05) is 12.0 Å². The van der Waals surface area contributed by atoms with Crippen molar-refractivity contribution >= 4 is 17.8 Å². The summed E-state index contributed by atoms with van der Waals surface area (Å²) >= 11 is 0. The van der Waals surface area contributed by atoms with Crippen LogP contribution in [0.3, 0.4) is 0 Å². The molecule has 0 saturated carbocycles. The number of aryl methyl sites for hydroxylation is 1. The van der Waals surface area contributed by atoms with Gasteiger partial charge in [-0.05, 0) is 11.1 Å². The number of amides is 1. The molecule has 0 spiro atoms. The van der Waals surface area contributed by atoms with Crippen LogP contribution in [0.5, 0.6) is 0 Å². The number of hydrogen-bond donors (Lipinski definition) is 2. The van der Waals surface area contributed by atoms with Crippen LogP contribution in [0, 0.1) is 5.92 Å². The van der Waals surface area contributed by atoms with Crippen LogP contribution < -0.4 is 5.32 Å². The number of anilines is 1. The average molecular weight is 227 g/mol. The second-order valence-corrected chi connectivity index (χ2v) is 3.56. The van der Waals surface area contributed by atoms with Crippen LogP contribution in [0.25, 0.3) is 0 Å². The lowest BCUT2D eigenvalue weighted by molar-refractivity contribution is -0.138. The Bertz CT molecular complexity index is 389. The molecule has 1 amide bonds. The van der Waals surface area contributed by atoms with Crippen LogP contribution in [0.15, 0.2) is 0 Å². The molecule has 0 aliphatic rings. The van der Waals surface area contributed by atoms with Crippen molar-refractivity contribution in [3.05, 3.63) is 0 Å². The van der Waals surface area contributed by atoms with E-state index in [4.69, 9.17) is 5.11 Å². The second-order valence-electron chi connectivity index (χ2n) is 3.56. The van der Waals surface area contributed by atoms with Gasteiger partial charge in [0.25, 0.3) is 5.95 Å². The average Bonchev–Trinajstić information content (AvgIpc) is 2.48. The first kappa shape index (κ1) is 12.1. The third-order valence-corrected chi connectivity index (χ3v) is 1.82. The Morgan fingerprint density at radius 1 is 1.50 bits per heavy atom. The van der Waals surface area contributed by atoms with E-state index in [1.807, 2.05) is 0 Å². The maximum atomic E-state index is 11.4. The maximum Gasteiger partial charge on any atom is 0.303 e. The van der Waals surface area contributed by atoms with E-state index in [2.05, 4.69) is 20.7 Å². The molecule has 1 unspecified atom stereocenters. The number of aliphatic carboxylic acids is 1. The van der Waals surface area contributed by atoms with Gasteiger partial charge in [0.2, 0.25) is 5.91 Å². The summed E-state index contributed by atoms with van der Waals surface area (Å²) in [6, 6.07) is 0. The molecule has 88 valence electrons. The Labute approximate surface area is 91.6 Å². The standard InChI is InChI=1S/C8H13N5O3/c1-5(4-7(15)16)3-6(14)9-8-10-12-13(2)11-8/h5H,3-4H2,1-2H3,(H,15,16)(H,9,11,14). The molecule has 0 aliphatic carbocycles. The molecule has 1 aromatic heterocycles. The predicted molar refractivity (Wildman–Crippen MR) is 53.5 cm³/mol. The summed E-state index contributed by atoms with van der Waals surface area (Å²) in [6.45, 7) is 1.69. The molecule has 0 fully saturated rings. The van der Waals surface area contributed by atoms with Crippen molar-refractivity contribution in [2.24, 2.45) is 13.0 Å². The van der Waals surface area contributed by atoms with Crippen LogP contribution in [-0.4, -0.2) is 37.2 Å². The summed E-state index contributed by atoms with van der Waals surface area (Å²) in [5.74, 6) is -1.34. The Kier molecular flexibility index (Phi) is 3.92. The van der Waals surface area contributed by atoms with Gasteiger partial charge in [0.1, 0.15) is 0 Å². The minimum Gasteiger partial charge on any atom is -0.481 e. The number of carbonyl (C=O) groups is 2. The van der Waals surface area contributed by atoms with Gasteiger partial charge in [0, 0.05) is 12.8 Å². The Hall–Kier alpha value is -1.99. The molecule has 1 atom stereocenters. The summed E-state index contributed by atoms with van der Waals surface area (Å²) in [5.41, 5.74) is 0. The topological polar surface area (TPSA) is 110 Å². The van der Waals surface area contributed by atoms with Crippen molar-refractivity contribution in [2.45, 2.75) is 19.8 Å². The molecule has 8 nitrogen and oxygen atoms in total. The van der Waals surface area contributed by atoms with Crippen molar-refractivity contribution in [1.29, 1.82) is 0 Å². The predicted octanol–water partition coefficient (Wildman–Crippen LogP) is -0.351. The molecule has 1 heterocycles. The van der Waals surface area contributed by atoms with E-state index in [1.165, 1.54) is 4.80 Å². The molecular formula is C8H13N5O3. The van der Waals surface area contributed by atoms with E-state index >= 15 is 0 Å². The largest absolute Gasteiger partial charge is 0.481 e. The molecule has 16 heavy (non-hydrogen) atoms. The minimum atomic E-state index is -0.919. The van der Waals surface area contributed by atoms with E-state index in [0.717, 1.165) is 0 Å². The summed E-state index contributed by atoms with van der Waals surface area (Å²) in [6.07, 6.45) is 0.0753. The van der Waals surface area contributed by atoms with Gasteiger partial charge in [-0.2, -0.15) is 4.80 Å². The van der Waals surface area contributed by atoms with Gasteiger partial charge in [-0.25, -0.2) is 0 Å². The molecule has 2 N–H and O–H groups in total. The second kappa shape index (κ2) is 5.19. The maximum absolute atomic E-state index is 11.4. The SMILES string of the molecule is CC(CC(=O)O)CC(=O)Nc1nnn(C)n1. The van der Waals surface area contributed by atoms with Gasteiger partial charge in [0.15, 0.2) is 0 Å². The summed E-state index contributed by atoms with van der Waals surface area (Å²) < 4.78 is 0. The van der Waals surface area contributed by atoms with Crippen molar-refractivity contribution < 1.29 is 14.7 Å². The first-order chi connectivity index (χ1) is 7.47. The van der Waals surface area contributed by atoms with Crippen LogP contribution in [-0.2, 0) is 16.6 Å². The molecule has 0 aliphatic heterocycles. The van der Waals surface area contributed by atoms with Gasteiger partial charge >= 0.3 is 5.97 Å². The number of rotatable bonds is 5. The zero-order valence-electron chi connectivity index (χ0n) is 9.04. The quantitative estimate of drug-likeness (QED) is 0.711. The normalized spacial score (nSPS) is 12.1. The summed E-state index contributed by atoms with van der Waals surface area (Å²) in [7, 11) is 1.58. The monoisotopic (exact) mass is 227 g/mol. The Morgan fingerprint density at radius 3 is 2.69 bits per heavy atom. The van der Waals surface area contributed by atoms with E-state index in [0.29, 0.717) is 0 Å². The number of aromatic nitrogens is 4. The molecule has 0 aromatic carbocycles. The molecule has 0 bridgehead atoms. The highest BCUT2D eigenvalue weighted by atomic mass is 16.4. The Morgan fingerprint density at radius 2 is 2.19 bits per heavy atom. The molecule has 0 saturated heterocycles. The van der Waals surface area contributed by atoms with E-state index in [-0.39, 0.29) is 30.6 Å². The van der Waals surface area contributed by atoms with E-state index < -0.39 is 5.97 Å². The lowest BCUT2D eigenvalue weighted by atomic mass is 10.0. The third kappa shape index (κ3) is 4.03. The lowest BCUT2D eigenvalue weighted by Gasteiger charge is -2.06. The zero-order valence-corrected chi connectivity index (χ0v) is 9.04. The Balaban J connectivity index is 2.38. The van der Waals surface area contributed by atoms with Crippen molar-refractivity contribution in [1.82, 2.24) is 20.2 Å². The van der Waals surface area contributed by atoms with Gasteiger partial charge < -0.3 is 5.11 Å². The molecule has 1 rings (SSSR count). The van der Waals surface area contributed by atoms with Gasteiger partial charge in [-0.3, -0.25) is 14.9 Å². The number of carboxylic acid groups (broad SMARTS) is 1. The van der Waals surface area contributed by atoms with Gasteiger partial charge in [0.05, 0.1) is 7.05 Å². The number of hydrogen-bond acceptors (Lipinski definition) is 5. The van der Waals surface area contributed by atoms with Crippen LogP contribution in [0.4, 0.5) is 5.95 Å². The summed E-state index contributed by atoms with van der Waals surface area (Å²) in [5, 5.41) is 21.8. The fourth-order valence-electron chi connectivity index (χ4n) is 1.20. The van der Waals surface area contributed by atoms with E-state index in [9.17, 15) is 9.59 Å². The highest BCUT2D eigenvalue weighted by Crippen LogP contribution is 2.08. The molecule has 1 aromatic rings. The number of tetrazole rings is 1. The molecular weight excluding hydrogens is 214 g/mol. The van der Waals surface area contributed by atoms with Crippen LogP contribution in [0.2, 0.25) is 0 Å². The first-order valence-electron chi connectivity index (χ1n) is 4.73.